The van der Waals surface area contributed by atoms with E-state index in [0.29, 0.717) is 36.8 Å². The number of hydrogen-bond acceptors (Lipinski definition) is 7. The van der Waals surface area contributed by atoms with Gasteiger partial charge in [0.25, 0.3) is 0 Å². The van der Waals surface area contributed by atoms with E-state index < -0.39 is 0 Å². The number of nitrogens with one attached hydrogen (secondary N) is 1. The summed E-state index contributed by atoms with van der Waals surface area (Å²) in [6.07, 6.45) is 2.29. The standard InChI is InChI=1S/C19H32N4O4/c1-22(2)13-19(25)21-14-5-7-23(8-6-14)16-12-17(26-3)15(20)11-18(16)27-10-4-9-24/h11-12,14,24H,4-10,13,20H2,1-3H3,(H,21,25). The monoisotopic (exact) mass is 380 g/mol. The molecule has 1 aliphatic rings. The van der Waals surface area contributed by atoms with Crippen LogP contribution in [0.2, 0.25) is 0 Å². The average Bonchev–Trinajstić information content (AvgIpc) is 2.62. The van der Waals surface area contributed by atoms with Crippen molar-refractivity contribution < 1.29 is 19.4 Å². The smallest absolute Gasteiger partial charge is 0.234 e. The number of piperidine rings is 1. The first-order valence-electron chi connectivity index (χ1n) is 9.34. The number of anilines is 2. The van der Waals surface area contributed by atoms with Gasteiger partial charge in [-0.05, 0) is 26.9 Å². The molecular weight excluding hydrogens is 348 g/mol. The van der Waals surface area contributed by atoms with Crippen molar-refractivity contribution in [1.82, 2.24) is 10.2 Å². The lowest BCUT2D eigenvalue weighted by atomic mass is 10.0. The second kappa shape index (κ2) is 10.2. The van der Waals surface area contributed by atoms with E-state index in [1.165, 1.54) is 0 Å². The van der Waals surface area contributed by atoms with Crippen molar-refractivity contribution in [2.45, 2.75) is 25.3 Å². The number of nitrogens with two attached hydrogens (primary N) is 1. The summed E-state index contributed by atoms with van der Waals surface area (Å²) in [5.74, 6) is 1.36. The Bertz CT molecular complexity index is 616. The molecule has 1 aliphatic heterocycles. The van der Waals surface area contributed by atoms with E-state index >= 15 is 0 Å². The fourth-order valence-electron chi connectivity index (χ4n) is 3.18. The zero-order valence-corrected chi connectivity index (χ0v) is 16.5. The molecule has 1 amide bonds. The molecule has 0 spiro atoms. The maximum atomic E-state index is 12.0. The van der Waals surface area contributed by atoms with E-state index in [9.17, 15) is 4.79 Å². The van der Waals surface area contributed by atoms with E-state index in [-0.39, 0.29) is 18.6 Å². The molecule has 27 heavy (non-hydrogen) atoms. The molecule has 1 aromatic rings. The highest BCUT2D eigenvalue weighted by Crippen LogP contribution is 2.38. The van der Waals surface area contributed by atoms with Gasteiger partial charge in [0.15, 0.2) is 0 Å². The molecule has 8 nitrogen and oxygen atoms in total. The number of aliphatic hydroxyl groups is 1. The molecule has 0 radical (unpaired) electrons. The zero-order chi connectivity index (χ0) is 19.8. The summed E-state index contributed by atoms with van der Waals surface area (Å²) >= 11 is 0. The van der Waals surface area contributed by atoms with Gasteiger partial charge >= 0.3 is 0 Å². The second-order valence-electron chi connectivity index (χ2n) is 7.05. The molecule has 0 bridgehead atoms. The quantitative estimate of drug-likeness (QED) is 0.428. The third kappa shape index (κ3) is 6.18. The normalized spacial score (nSPS) is 15.1. The Morgan fingerprint density at radius 1 is 1.33 bits per heavy atom. The third-order valence-corrected chi connectivity index (χ3v) is 4.53. The Kier molecular flexibility index (Phi) is 7.99. The SMILES string of the molecule is COc1cc(N2CCC(NC(=O)CN(C)C)CC2)c(OCCCO)cc1N. The molecule has 0 aromatic heterocycles. The van der Waals surface area contributed by atoms with E-state index in [2.05, 4.69) is 10.2 Å². The molecule has 0 aliphatic carbocycles. The summed E-state index contributed by atoms with van der Waals surface area (Å²) < 4.78 is 11.2. The Morgan fingerprint density at radius 2 is 2.04 bits per heavy atom. The van der Waals surface area contributed by atoms with Crippen LogP contribution in [-0.2, 0) is 4.79 Å². The van der Waals surface area contributed by atoms with Gasteiger partial charge < -0.3 is 35.4 Å². The molecule has 8 heteroatoms. The minimum atomic E-state index is 0.0561. The lowest BCUT2D eigenvalue weighted by Crippen LogP contribution is -2.46. The summed E-state index contributed by atoms with van der Waals surface area (Å²) in [4.78, 5) is 16.0. The highest BCUT2D eigenvalue weighted by molar-refractivity contribution is 5.78. The number of methoxy groups -OCH3 is 1. The summed E-state index contributed by atoms with van der Waals surface area (Å²) in [7, 11) is 5.36. The summed E-state index contributed by atoms with van der Waals surface area (Å²) in [5.41, 5.74) is 7.47. The van der Waals surface area contributed by atoms with Crippen molar-refractivity contribution in [3.63, 3.8) is 0 Å². The van der Waals surface area contributed by atoms with Crippen molar-refractivity contribution in [3.05, 3.63) is 12.1 Å². The first-order chi connectivity index (χ1) is 12.9. The number of nitrogen functional groups attached to an aromatic ring is 1. The zero-order valence-electron chi connectivity index (χ0n) is 16.5. The van der Waals surface area contributed by atoms with Crippen LogP contribution in [0.25, 0.3) is 0 Å². The molecule has 0 atom stereocenters. The second-order valence-corrected chi connectivity index (χ2v) is 7.05. The van der Waals surface area contributed by atoms with Crippen LogP contribution in [0.15, 0.2) is 12.1 Å². The molecule has 1 aromatic carbocycles. The van der Waals surface area contributed by atoms with Gasteiger partial charge in [-0.3, -0.25) is 4.79 Å². The van der Waals surface area contributed by atoms with Crippen LogP contribution in [-0.4, -0.2) is 76.0 Å². The number of nitrogens with zero attached hydrogens (tertiary/aromatic N) is 2. The molecule has 0 saturated carbocycles. The molecular formula is C19H32N4O4. The largest absolute Gasteiger partial charge is 0.495 e. The number of benzene rings is 1. The summed E-state index contributed by atoms with van der Waals surface area (Å²) in [5, 5.41) is 12.1. The number of hydrogen-bond donors (Lipinski definition) is 3. The van der Waals surface area contributed by atoms with E-state index in [4.69, 9.17) is 20.3 Å². The van der Waals surface area contributed by atoms with Gasteiger partial charge in [0.2, 0.25) is 5.91 Å². The number of aliphatic hydroxyl groups excluding tert-OH is 1. The summed E-state index contributed by atoms with van der Waals surface area (Å²) in [6.45, 7) is 2.51. The minimum absolute atomic E-state index is 0.0561. The third-order valence-electron chi connectivity index (χ3n) is 4.53. The maximum absolute atomic E-state index is 12.0. The van der Waals surface area contributed by atoms with Gasteiger partial charge in [0.05, 0.1) is 31.6 Å². The first kappa shape index (κ1) is 21.1. The number of likely N-dealkylation sites (N-methyl/N-ethyl adjacent to an activating group) is 1. The summed E-state index contributed by atoms with van der Waals surface area (Å²) in [6, 6.07) is 3.86. The lowest BCUT2D eigenvalue weighted by Gasteiger charge is -2.35. The van der Waals surface area contributed by atoms with Crippen LogP contribution in [0.5, 0.6) is 11.5 Å². The predicted octanol–water partition coefficient (Wildman–Crippen LogP) is 0.685. The van der Waals surface area contributed by atoms with Crippen LogP contribution in [0, 0.1) is 0 Å². The van der Waals surface area contributed by atoms with E-state index in [1.54, 1.807) is 13.2 Å². The molecule has 0 unspecified atom stereocenters. The number of carbonyl (C=O) groups excluding carboxylic acids is 1. The van der Waals surface area contributed by atoms with Crippen molar-refractivity contribution in [2.75, 3.05) is 64.7 Å². The Morgan fingerprint density at radius 3 is 2.63 bits per heavy atom. The Hall–Kier alpha value is -2.19. The molecule has 2 rings (SSSR count). The average molecular weight is 380 g/mol. The van der Waals surface area contributed by atoms with Gasteiger partial charge in [-0.25, -0.2) is 0 Å². The Balaban J connectivity index is 2.03. The Labute approximate surface area is 161 Å². The maximum Gasteiger partial charge on any atom is 0.234 e. The van der Waals surface area contributed by atoms with E-state index in [0.717, 1.165) is 31.6 Å². The topological polar surface area (TPSA) is 100 Å². The van der Waals surface area contributed by atoms with Crippen LogP contribution in [0.3, 0.4) is 0 Å². The van der Waals surface area contributed by atoms with Crippen molar-refractivity contribution in [2.24, 2.45) is 0 Å². The van der Waals surface area contributed by atoms with Gasteiger partial charge in [0.1, 0.15) is 11.5 Å². The van der Waals surface area contributed by atoms with Crippen molar-refractivity contribution in [3.8, 4) is 11.5 Å². The fourth-order valence-corrected chi connectivity index (χ4v) is 3.18. The van der Waals surface area contributed by atoms with Gasteiger partial charge in [-0.1, -0.05) is 0 Å². The van der Waals surface area contributed by atoms with Crippen LogP contribution in [0.4, 0.5) is 11.4 Å². The van der Waals surface area contributed by atoms with Crippen LogP contribution < -0.4 is 25.4 Å². The van der Waals surface area contributed by atoms with Gasteiger partial charge in [-0.2, -0.15) is 0 Å². The number of rotatable bonds is 9. The molecule has 1 fully saturated rings. The molecule has 1 saturated heterocycles. The fraction of sp³-hybridized carbons (Fsp3) is 0.632. The minimum Gasteiger partial charge on any atom is -0.495 e. The van der Waals surface area contributed by atoms with Gasteiger partial charge in [-0.15, -0.1) is 0 Å². The number of amides is 1. The van der Waals surface area contributed by atoms with Crippen molar-refractivity contribution in [1.29, 1.82) is 0 Å². The molecule has 1 heterocycles. The number of carbonyl (C=O) groups is 1. The van der Waals surface area contributed by atoms with Crippen LogP contribution in [0.1, 0.15) is 19.3 Å². The predicted molar refractivity (Wildman–Crippen MR) is 107 cm³/mol. The van der Waals surface area contributed by atoms with Gasteiger partial charge in [0, 0.05) is 44.3 Å². The van der Waals surface area contributed by atoms with Crippen LogP contribution >= 0.6 is 0 Å². The van der Waals surface area contributed by atoms with E-state index in [1.807, 2.05) is 25.1 Å². The lowest BCUT2D eigenvalue weighted by molar-refractivity contribution is -0.122. The molecule has 4 N–H and O–H groups in total. The first-order valence-corrected chi connectivity index (χ1v) is 9.34. The highest BCUT2D eigenvalue weighted by Gasteiger charge is 2.24. The number of ether oxygens (including phenoxy) is 2. The van der Waals surface area contributed by atoms with Crippen molar-refractivity contribution >= 4 is 17.3 Å². The molecule has 152 valence electrons. The highest BCUT2D eigenvalue weighted by atomic mass is 16.5.